The molecule has 0 heterocycles. The van der Waals surface area contributed by atoms with Crippen LogP contribution in [0.1, 0.15) is 26.3 Å². The quantitative estimate of drug-likeness (QED) is 0.468. The molecule has 0 unspecified atom stereocenters. The van der Waals surface area contributed by atoms with Crippen LogP contribution < -0.4 is 14.8 Å². The molecule has 1 rings (SSSR count). The van der Waals surface area contributed by atoms with E-state index in [0.29, 0.717) is 13.1 Å². The Kier molecular flexibility index (Phi) is 10.1. The third-order valence-corrected chi connectivity index (χ3v) is 2.73. The first-order valence-electron chi connectivity index (χ1n) is 7.45. The van der Waals surface area contributed by atoms with Crippen LogP contribution in [-0.4, -0.2) is 39.1 Å². The summed E-state index contributed by atoms with van der Waals surface area (Å²) in [5.41, 5.74) is 0.555. The van der Waals surface area contributed by atoms with Crippen LogP contribution in [0.4, 0.5) is 0 Å². The first-order valence-corrected chi connectivity index (χ1v) is 7.45. The highest BCUT2D eigenvalue weighted by Gasteiger charge is 2.13. The fraction of sp³-hybridized carbons (Fsp3) is 0.444. The second kappa shape index (κ2) is 11.2. The standard InChI is InChI=1S/C17H25NO4.CH2O/c1-17(2,3)22-16(19)7-6-10-18-12-13-8-9-14(20-4)11-15(13)21-5;1-2/h6-9,11,18H,10,12H2,1-5H3;1H2/b7-6+;. The number of hydrogen-bond acceptors (Lipinski definition) is 6. The Labute approximate surface area is 143 Å². The lowest BCUT2D eigenvalue weighted by molar-refractivity contribution is -0.148. The molecule has 1 aromatic rings. The second-order valence-corrected chi connectivity index (χ2v) is 5.74. The van der Waals surface area contributed by atoms with Crippen molar-refractivity contribution in [3.8, 4) is 11.5 Å². The Morgan fingerprint density at radius 1 is 1.21 bits per heavy atom. The fourth-order valence-electron chi connectivity index (χ4n) is 1.78. The van der Waals surface area contributed by atoms with Crippen LogP contribution in [0.3, 0.4) is 0 Å². The van der Waals surface area contributed by atoms with Crippen LogP contribution in [0.25, 0.3) is 0 Å². The van der Waals surface area contributed by atoms with Crippen molar-refractivity contribution < 1.29 is 23.8 Å². The lowest BCUT2D eigenvalue weighted by Crippen LogP contribution is -2.22. The number of rotatable bonds is 7. The van der Waals surface area contributed by atoms with Crippen molar-refractivity contribution in [1.29, 1.82) is 0 Å². The van der Waals surface area contributed by atoms with Crippen molar-refractivity contribution in [2.75, 3.05) is 20.8 Å². The molecule has 0 radical (unpaired) electrons. The Morgan fingerprint density at radius 2 is 1.88 bits per heavy atom. The van der Waals surface area contributed by atoms with Gasteiger partial charge in [-0.3, -0.25) is 0 Å². The normalized spacial score (nSPS) is 10.7. The van der Waals surface area contributed by atoms with Gasteiger partial charge in [-0.1, -0.05) is 12.1 Å². The van der Waals surface area contributed by atoms with Gasteiger partial charge < -0.3 is 24.3 Å². The molecule has 0 spiro atoms. The zero-order chi connectivity index (χ0) is 18.6. The lowest BCUT2D eigenvalue weighted by atomic mass is 10.2. The minimum Gasteiger partial charge on any atom is -0.497 e. The van der Waals surface area contributed by atoms with Crippen LogP contribution in [0.5, 0.6) is 11.5 Å². The van der Waals surface area contributed by atoms with E-state index in [2.05, 4.69) is 5.32 Å². The van der Waals surface area contributed by atoms with Crippen LogP contribution in [0, 0.1) is 0 Å². The van der Waals surface area contributed by atoms with Crippen molar-refractivity contribution in [2.24, 2.45) is 0 Å². The SMILES string of the molecule is C=O.COc1ccc(CNC/C=C/C(=O)OC(C)(C)C)c(OC)c1. The van der Waals surface area contributed by atoms with E-state index in [4.69, 9.17) is 19.0 Å². The summed E-state index contributed by atoms with van der Waals surface area (Å²) in [7, 11) is 3.24. The van der Waals surface area contributed by atoms with Crippen molar-refractivity contribution >= 4 is 12.8 Å². The molecule has 0 saturated carbocycles. The molecule has 0 atom stereocenters. The summed E-state index contributed by atoms with van der Waals surface area (Å²) < 4.78 is 15.7. The van der Waals surface area contributed by atoms with Gasteiger partial charge in [-0.15, -0.1) is 0 Å². The maximum Gasteiger partial charge on any atom is 0.330 e. The van der Waals surface area contributed by atoms with Crippen molar-refractivity contribution in [3.63, 3.8) is 0 Å². The molecule has 0 aliphatic heterocycles. The average molecular weight is 337 g/mol. The molecule has 0 amide bonds. The zero-order valence-corrected chi connectivity index (χ0v) is 15.0. The van der Waals surface area contributed by atoms with Gasteiger partial charge in [0.25, 0.3) is 0 Å². The van der Waals surface area contributed by atoms with Crippen LogP contribution >= 0.6 is 0 Å². The molecule has 0 aliphatic carbocycles. The van der Waals surface area contributed by atoms with Gasteiger partial charge in [0.15, 0.2) is 0 Å². The number of benzene rings is 1. The molecule has 134 valence electrons. The molecule has 6 nitrogen and oxygen atoms in total. The zero-order valence-electron chi connectivity index (χ0n) is 15.0. The third-order valence-electron chi connectivity index (χ3n) is 2.73. The molecular weight excluding hydrogens is 310 g/mol. The molecular formula is C18H27NO5. The van der Waals surface area contributed by atoms with Crippen LogP contribution in [-0.2, 0) is 20.9 Å². The number of carbonyl (C=O) groups is 2. The summed E-state index contributed by atoms with van der Waals surface area (Å²) in [6, 6.07) is 5.67. The maximum absolute atomic E-state index is 11.5. The summed E-state index contributed by atoms with van der Waals surface area (Å²) in [5.74, 6) is 1.18. The van der Waals surface area contributed by atoms with Gasteiger partial charge in [0.1, 0.15) is 23.9 Å². The second-order valence-electron chi connectivity index (χ2n) is 5.74. The molecule has 6 heteroatoms. The molecule has 24 heavy (non-hydrogen) atoms. The number of carbonyl (C=O) groups excluding carboxylic acids is 2. The summed E-state index contributed by atoms with van der Waals surface area (Å²) in [6.45, 7) is 8.72. The van der Waals surface area contributed by atoms with E-state index in [-0.39, 0.29) is 5.97 Å². The number of ether oxygens (including phenoxy) is 3. The highest BCUT2D eigenvalue weighted by atomic mass is 16.6. The van der Waals surface area contributed by atoms with Crippen LogP contribution in [0.2, 0.25) is 0 Å². The molecule has 0 fully saturated rings. The molecule has 0 bridgehead atoms. The summed E-state index contributed by atoms with van der Waals surface area (Å²) in [5, 5.41) is 3.22. The predicted molar refractivity (Wildman–Crippen MR) is 93.4 cm³/mol. The largest absolute Gasteiger partial charge is 0.497 e. The van der Waals surface area contributed by atoms with E-state index in [1.165, 1.54) is 6.08 Å². The monoisotopic (exact) mass is 337 g/mol. The predicted octanol–water partition coefficient (Wildman–Crippen LogP) is 2.51. The summed E-state index contributed by atoms with van der Waals surface area (Å²) in [6.07, 6.45) is 3.17. The first-order chi connectivity index (χ1) is 11.4. The number of esters is 1. The number of methoxy groups -OCH3 is 2. The van der Waals surface area contributed by atoms with Crippen LogP contribution in [0.15, 0.2) is 30.4 Å². The minimum atomic E-state index is -0.467. The van der Waals surface area contributed by atoms with Gasteiger partial charge in [-0.2, -0.15) is 0 Å². The van der Waals surface area contributed by atoms with Gasteiger partial charge in [0, 0.05) is 30.8 Å². The van der Waals surface area contributed by atoms with Gasteiger partial charge in [-0.25, -0.2) is 4.79 Å². The Morgan fingerprint density at radius 3 is 2.42 bits per heavy atom. The average Bonchev–Trinajstić information content (AvgIpc) is 2.54. The van der Waals surface area contributed by atoms with Crippen molar-refractivity contribution in [1.82, 2.24) is 5.32 Å². The van der Waals surface area contributed by atoms with E-state index < -0.39 is 5.60 Å². The van der Waals surface area contributed by atoms with Gasteiger partial charge in [0.2, 0.25) is 0 Å². The molecule has 0 saturated heterocycles. The molecule has 1 N–H and O–H groups in total. The van der Waals surface area contributed by atoms with E-state index in [1.807, 2.05) is 45.8 Å². The van der Waals surface area contributed by atoms with E-state index in [9.17, 15) is 4.79 Å². The molecule has 1 aromatic carbocycles. The highest BCUT2D eigenvalue weighted by molar-refractivity contribution is 5.82. The van der Waals surface area contributed by atoms with E-state index >= 15 is 0 Å². The Hall–Kier alpha value is -2.34. The highest BCUT2D eigenvalue weighted by Crippen LogP contribution is 2.24. The molecule has 0 aliphatic rings. The van der Waals surface area contributed by atoms with Gasteiger partial charge in [0.05, 0.1) is 14.2 Å². The van der Waals surface area contributed by atoms with E-state index in [0.717, 1.165) is 17.1 Å². The van der Waals surface area contributed by atoms with Gasteiger partial charge >= 0.3 is 5.97 Å². The van der Waals surface area contributed by atoms with Gasteiger partial charge in [-0.05, 0) is 26.8 Å². The topological polar surface area (TPSA) is 73.9 Å². The smallest absolute Gasteiger partial charge is 0.330 e. The number of nitrogens with one attached hydrogen (secondary N) is 1. The fourth-order valence-corrected chi connectivity index (χ4v) is 1.78. The van der Waals surface area contributed by atoms with Crippen molar-refractivity contribution in [2.45, 2.75) is 32.9 Å². The maximum atomic E-state index is 11.5. The number of hydrogen-bond donors (Lipinski definition) is 1. The molecule has 0 aromatic heterocycles. The third kappa shape index (κ3) is 8.95. The first kappa shape index (κ1) is 21.7. The summed E-state index contributed by atoms with van der Waals surface area (Å²) in [4.78, 5) is 19.5. The Balaban J connectivity index is 0.00000254. The lowest BCUT2D eigenvalue weighted by Gasteiger charge is -2.17. The van der Waals surface area contributed by atoms with Crippen molar-refractivity contribution in [3.05, 3.63) is 35.9 Å². The minimum absolute atomic E-state index is 0.337. The van der Waals surface area contributed by atoms with E-state index in [1.54, 1.807) is 20.3 Å². The Bertz CT molecular complexity index is 535. The summed E-state index contributed by atoms with van der Waals surface area (Å²) >= 11 is 0.